The Hall–Kier alpha value is -1.84. The van der Waals surface area contributed by atoms with E-state index in [1.165, 1.54) is 5.56 Å². The summed E-state index contributed by atoms with van der Waals surface area (Å²) in [6, 6.07) is 16.3. The molecule has 0 saturated heterocycles. The molecule has 0 fully saturated rings. The lowest BCUT2D eigenvalue weighted by Gasteiger charge is -2.16. The summed E-state index contributed by atoms with van der Waals surface area (Å²) in [5.41, 5.74) is 3.48. The lowest BCUT2D eigenvalue weighted by molar-refractivity contribution is -0.682. The van der Waals surface area contributed by atoms with E-state index in [-0.39, 0.29) is 18.0 Å². The van der Waals surface area contributed by atoms with Crippen molar-refractivity contribution in [1.29, 1.82) is 0 Å². The quantitative estimate of drug-likeness (QED) is 0.793. The van der Waals surface area contributed by atoms with Gasteiger partial charge in [-0.05, 0) is 37.5 Å². The number of hydrogen-bond donors (Lipinski definition) is 2. The fraction of sp³-hybridized carbons (Fsp3) is 0.350. The zero-order chi connectivity index (χ0) is 17.5. The second-order valence-electron chi connectivity index (χ2n) is 6.13. The van der Waals surface area contributed by atoms with Gasteiger partial charge in [-0.2, -0.15) is 0 Å². The molecule has 0 aliphatic rings. The van der Waals surface area contributed by atoms with Crippen LogP contribution >= 0.6 is 11.6 Å². The molecule has 2 aromatic rings. The number of nitrogens with two attached hydrogens (primary N) is 1. The van der Waals surface area contributed by atoms with Crippen molar-refractivity contribution in [3.05, 3.63) is 70.2 Å². The highest BCUT2D eigenvalue weighted by Crippen LogP contribution is 2.19. The Labute approximate surface area is 149 Å². The van der Waals surface area contributed by atoms with E-state index in [0.29, 0.717) is 6.54 Å². The van der Waals surface area contributed by atoms with Gasteiger partial charge < -0.3 is 10.6 Å². The first-order valence-corrected chi connectivity index (χ1v) is 8.85. The van der Waals surface area contributed by atoms with Gasteiger partial charge in [0.1, 0.15) is 6.04 Å². The average Bonchev–Trinajstić information content (AvgIpc) is 2.60. The summed E-state index contributed by atoms with van der Waals surface area (Å²) < 4.78 is 0. The molecule has 0 spiro atoms. The summed E-state index contributed by atoms with van der Waals surface area (Å²) in [6.07, 6.45) is 1.02. The molecule has 128 valence electrons. The van der Waals surface area contributed by atoms with Gasteiger partial charge in [0.05, 0.1) is 6.04 Å². The zero-order valence-electron chi connectivity index (χ0n) is 14.6. The minimum Gasteiger partial charge on any atom is -0.345 e. The van der Waals surface area contributed by atoms with Crippen molar-refractivity contribution in [3.8, 4) is 0 Å². The van der Waals surface area contributed by atoms with Gasteiger partial charge in [-0.1, -0.05) is 61.0 Å². The Morgan fingerprint density at radius 3 is 2.42 bits per heavy atom. The third-order valence-corrected chi connectivity index (χ3v) is 4.66. The number of rotatable bonds is 7. The minimum absolute atomic E-state index is 0.00688. The summed E-state index contributed by atoms with van der Waals surface area (Å²) in [5.74, 6) is 0.0287. The van der Waals surface area contributed by atoms with Crippen LogP contribution in [0.4, 0.5) is 0 Å². The van der Waals surface area contributed by atoms with Crippen LogP contribution in [0.3, 0.4) is 0 Å². The van der Waals surface area contributed by atoms with Gasteiger partial charge in [0, 0.05) is 10.6 Å². The van der Waals surface area contributed by atoms with Gasteiger partial charge in [0.15, 0.2) is 6.54 Å². The third-order valence-electron chi connectivity index (χ3n) is 4.32. The van der Waals surface area contributed by atoms with E-state index in [2.05, 4.69) is 43.4 Å². The molecule has 0 heterocycles. The maximum atomic E-state index is 12.2. The molecule has 0 bridgehead atoms. The Morgan fingerprint density at radius 2 is 1.79 bits per heavy atom. The van der Waals surface area contributed by atoms with E-state index in [1.54, 1.807) is 0 Å². The summed E-state index contributed by atoms with van der Waals surface area (Å²) in [5, 5.41) is 5.80. The van der Waals surface area contributed by atoms with Crippen LogP contribution in [-0.2, 0) is 11.2 Å². The highest BCUT2D eigenvalue weighted by molar-refractivity contribution is 6.31. The second kappa shape index (κ2) is 8.86. The van der Waals surface area contributed by atoms with Gasteiger partial charge in [-0.25, -0.2) is 0 Å². The van der Waals surface area contributed by atoms with Gasteiger partial charge in [-0.15, -0.1) is 0 Å². The maximum absolute atomic E-state index is 12.2. The molecule has 0 aliphatic heterocycles. The highest BCUT2D eigenvalue weighted by atomic mass is 35.5. The van der Waals surface area contributed by atoms with Crippen molar-refractivity contribution in [2.24, 2.45) is 0 Å². The molecule has 4 heteroatoms. The molecule has 3 nitrogen and oxygen atoms in total. The predicted molar refractivity (Wildman–Crippen MR) is 99.0 cm³/mol. The fourth-order valence-corrected chi connectivity index (χ4v) is 2.99. The molecule has 2 rings (SSSR count). The van der Waals surface area contributed by atoms with Crippen LogP contribution < -0.4 is 10.6 Å². The first-order chi connectivity index (χ1) is 11.5. The maximum Gasteiger partial charge on any atom is 0.275 e. The van der Waals surface area contributed by atoms with E-state index >= 15 is 0 Å². The smallest absolute Gasteiger partial charge is 0.275 e. The normalized spacial score (nSPS) is 13.3. The van der Waals surface area contributed by atoms with Gasteiger partial charge in [0.25, 0.3) is 5.91 Å². The zero-order valence-corrected chi connectivity index (χ0v) is 15.3. The molecule has 2 atom stereocenters. The van der Waals surface area contributed by atoms with Crippen molar-refractivity contribution in [2.45, 2.75) is 39.3 Å². The number of quaternary nitrogens is 1. The summed E-state index contributed by atoms with van der Waals surface area (Å²) in [4.78, 5) is 12.2. The van der Waals surface area contributed by atoms with E-state index in [9.17, 15) is 4.79 Å². The molecule has 0 aliphatic carbocycles. The lowest BCUT2D eigenvalue weighted by atomic mass is 10.0. The standard InChI is InChI=1S/C20H25ClN2O/c1-4-16-9-11-17(12-10-16)14(2)23-20(24)13-22-15(3)18-7-5-6-8-19(18)21/h5-12,14-15,22H,4,13H2,1-3H3,(H,23,24)/p+1/t14-,15+/m0/s1. The molecule has 24 heavy (non-hydrogen) atoms. The molecule has 2 aromatic carbocycles. The van der Waals surface area contributed by atoms with Crippen molar-refractivity contribution >= 4 is 17.5 Å². The molecular weight excluding hydrogens is 320 g/mol. The number of carbonyl (C=O) groups is 1. The molecule has 1 amide bonds. The van der Waals surface area contributed by atoms with Crippen LogP contribution in [0.15, 0.2) is 48.5 Å². The second-order valence-corrected chi connectivity index (χ2v) is 6.54. The van der Waals surface area contributed by atoms with Crippen molar-refractivity contribution < 1.29 is 10.1 Å². The highest BCUT2D eigenvalue weighted by Gasteiger charge is 2.15. The van der Waals surface area contributed by atoms with Gasteiger partial charge >= 0.3 is 0 Å². The summed E-state index contributed by atoms with van der Waals surface area (Å²) >= 11 is 6.20. The predicted octanol–water partition coefficient (Wildman–Crippen LogP) is 3.40. The van der Waals surface area contributed by atoms with Crippen molar-refractivity contribution in [2.75, 3.05) is 6.54 Å². The lowest BCUT2D eigenvalue weighted by Crippen LogP contribution is -2.87. The number of aryl methyl sites for hydroxylation is 1. The summed E-state index contributed by atoms with van der Waals surface area (Å²) in [6.45, 7) is 6.58. The number of hydrogen-bond acceptors (Lipinski definition) is 1. The van der Waals surface area contributed by atoms with Crippen molar-refractivity contribution in [1.82, 2.24) is 5.32 Å². The average molecular weight is 346 g/mol. The number of carbonyl (C=O) groups excluding carboxylic acids is 1. The fourth-order valence-electron chi connectivity index (χ4n) is 2.68. The molecule has 0 unspecified atom stereocenters. The van der Waals surface area contributed by atoms with Gasteiger partial charge in [0.2, 0.25) is 0 Å². The number of halogens is 1. The Balaban J connectivity index is 1.85. The van der Waals surface area contributed by atoms with Crippen LogP contribution in [-0.4, -0.2) is 12.5 Å². The van der Waals surface area contributed by atoms with Gasteiger partial charge in [-0.3, -0.25) is 4.79 Å². The molecule has 0 radical (unpaired) electrons. The van der Waals surface area contributed by atoms with Crippen LogP contribution in [0.2, 0.25) is 5.02 Å². The Bertz CT molecular complexity index is 670. The van der Waals surface area contributed by atoms with Crippen molar-refractivity contribution in [3.63, 3.8) is 0 Å². The molecule has 0 aromatic heterocycles. The first-order valence-electron chi connectivity index (χ1n) is 8.47. The largest absolute Gasteiger partial charge is 0.345 e. The summed E-state index contributed by atoms with van der Waals surface area (Å²) in [7, 11) is 0. The minimum atomic E-state index is 0.00688. The number of benzene rings is 2. The number of nitrogens with one attached hydrogen (secondary N) is 1. The molecule has 3 N–H and O–H groups in total. The van der Waals surface area contributed by atoms with Crippen LogP contribution in [0.1, 0.15) is 49.5 Å². The van der Waals surface area contributed by atoms with E-state index in [0.717, 1.165) is 22.6 Å². The third kappa shape index (κ3) is 5.08. The number of amides is 1. The van der Waals surface area contributed by atoms with E-state index in [4.69, 9.17) is 11.6 Å². The Kier molecular flexibility index (Phi) is 6.83. The molecular formula is C20H26ClN2O+. The van der Waals surface area contributed by atoms with Crippen LogP contribution in [0.5, 0.6) is 0 Å². The first kappa shape index (κ1) is 18.5. The Morgan fingerprint density at radius 1 is 1.12 bits per heavy atom. The SMILES string of the molecule is CCc1ccc([C@H](C)NC(=O)C[NH2+][C@H](C)c2ccccc2Cl)cc1. The molecule has 0 saturated carbocycles. The van der Waals surface area contributed by atoms with E-state index in [1.807, 2.05) is 36.5 Å². The van der Waals surface area contributed by atoms with Crippen LogP contribution in [0, 0.1) is 0 Å². The van der Waals surface area contributed by atoms with Crippen LogP contribution in [0.25, 0.3) is 0 Å². The van der Waals surface area contributed by atoms with E-state index < -0.39 is 0 Å². The topological polar surface area (TPSA) is 45.7 Å². The monoisotopic (exact) mass is 345 g/mol.